The number of aromatic amines is 1. The van der Waals surface area contributed by atoms with E-state index >= 15 is 0 Å². The topological polar surface area (TPSA) is 129 Å². The van der Waals surface area contributed by atoms with Gasteiger partial charge in [-0.25, -0.2) is 4.79 Å². The summed E-state index contributed by atoms with van der Waals surface area (Å²) >= 11 is 2.02. The lowest BCUT2D eigenvalue weighted by molar-refractivity contribution is -0.119. The van der Waals surface area contributed by atoms with E-state index in [1.54, 1.807) is 43.3 Å². The van der Waals surface area contributed by atoms with Gasteiger partial charge in [-0.15, -0.1) is 4.68 Å². The maximum Gasteiger partial charge on any atom is 0.349 e. The first-order valence-electron chi connectivity index (χ1n) is 8.56. The monoisotopic (exact) mass is 508 g/mol. The number of nitrogens with zero attached hydrogens (tertiary/aromatic N) is 2. The normalized spacial score (nSPS) is 11.1. The largest absolute Gasteiger partial charge is 0.490 e. The first kappa shape index (κ1) is 20.6. The molecule has 0 saturated heterocycles. The van der Waals surface area contributed by atoms with Gasteiger partial charge in [-0.1, -0.05) is 12.1 Å². The number of ether oxygens (including phenoxy) is 2. The third-order valence-electron chi connectivity index (χ3n) is 3.80. The highest BCUT2D eigenvalue weighted by Gasteiger charge is 2.13. The third kappa shape index (κ3) is 4.65. The SMILES string of the molecule is CCOc1cc(C=Nn2c(=O)[nH]c3ccccc3c2=O)cc(I)c1OCC(N)=O. The van der Waals surface area contributed by atoms with E-state index in [9.17, 15) is 14.4 Å². The van der Waals surface area contributed by atoms with E-state index in [4.69, 9.17) is 15.2 Å². The minimum absolute atomic E-state index is 0.286. The highest BCUT2D eigenvalue weighted by molar-refractivity contribution is 14.1. The number of H-pyrrole nitrogens is 1. The molecule has 3 aromatic rings. The molecule has 0 radical (unpaired) electrons. The fourth-order valence-corrected chi connectivity index (χ4v) is 3.37. The quantitative estimate of drug-likeness (QED) is 0.369. The number of benzene rings is 2. The second-order valence-electron chi connectivity index (χ2n) is 5.86. The van der Waals surface area contributed by atoms with Gasteiger partial charge in [0.15, 0.2) is 18.1 Å². The molecule has 1 amide bonds. The van der Waals surface area contributed by atoms with Crippen molar-refractivity contribution in [2.24, 2.45) is 10.8 Å². The van der Waals surface area contributed by atoms with Crippen LogP contribution in [0.2, 0.25) is 0 Å². The molecule has 9 nitrogen and oxygen atoms in total. The zero-order valence-electron chi connectivity index (χ0n) is 15.3. The zero-order valence-corrected chi connectivity index (χ0v) is 17.5. The standard InChI is InChI=1S/C19H17IN4O5/c1-2-28-15-8-11(7-13(20)17(15)29-10-16(21)25)9-22-24-18(26)12-5-3-4-6-14(12)23-19(24)27/h3-9H,2,10H2,1H3,(H2,21,25)(H,23,27). The summed E-state index contributed by atoms with van der Waals surface area (Å²) in [6, 6.07) is 10.0. The fourth-order valence-electron chi connectivity index (χ4n) is 2.59. The third-order valence-corrected chi connectivity index (χ3v) is 4.60. The van der Waals surface area contributed by atoms with Crippen molar-refractivity contribution in [3.05, 3.63) is 66.4 Å². The molecule has 0 aliphatic carbocycles. The lowest BCUT2D eigenvalue weighted by Gasteiger charge is -2.13. The number of carbonyl (C=O) groups is 1. The first-order valence-corrected chi connectivity index (χ1v) is 9.64. The van der Waals surface area contributed by atoms with Gasteiger partial charge in [0.2, 0.25) is 0 Å². The molecule has 0 aliphatic rings. The smallest absolute Gasteiger partial charge is 0.349 e. The van der Waals surface area contributed by atoms with Crippen LogP contribution in [0.25, 0.3) is 10.9 Å². The van der Waals surface area contributed by atoms with Crippen LogP contribution in [-0.4, -0.2) is 35.0 Å². The van der Waals surface area contributed by atoms with Crippen LogP contribution < -0.4 is 26.5 Å². The predicted molar refractivity (Wildman–Crippen MR) is 117 cm³/mol. The summed E-state index contributed by atoms with van der Waals surface area (Å²) in [6.07, 6.45) is 1.37. The lowest BCUT2D eigenvalue weighted by atomic mass is 10.2. The minimum atomic E-state index is -0.647. The fraction of sp³-hybridized carbons (Fsp3) is 0.158. The van der Waals surface area contributed by atoms with Gasteiger partial charge < -0.3 is 20.2 Å². The molecule has 3 rings (SSSR count). The van der Waals surface area contributed by atoms with Crippen molar-refractivity contribution in [2.45, 2.75) is 6.92 Å². The molecule has 0 bridgehead atoms. The summed E-state index contributed by atoms with van der Waals surface area (Å²) in [7, 11) is 0. The van der Waals surface area contributed by atoms with E-state index in [1.165, 1.54) is 6.21 Å². The number of aromatic nitrogens is 2. The van der Waals surface area contributed by atoms with Crippen molar-refractivity contribution in [3.8, 4) is 11.5 Å². The number of para-hydroxylation sites is 1. The summed E-state index contributed by atoms with van der Waals surface area (Å²) in [5, 5.41) is 4.38. The maximum atomic E-state index is 12.5. The average Bonchev–Trinajstić information content (AvgIpc) is 2.67. The molecular formula is C19H17IN4O5. The van der Waals surface area contributed by atoms with Crippen LogP contribution in [0.15, 0.2) is 51.1 Å². The van der Waals surface area contributed by atoms with Crippen molar-refractivity contribution in [2.75, 3.05) is 13.2 Å². The Morgan fingerprint density at radius 3 is 2.76 bits per heavy atom. The van der Waals surface area contributed by atoms with E-state index in [0.29, 0.717) is 38.1 Å². The molecule has 0 atom stereocenters. The zero-order chi connectivity index (χ0) is 21.0. The van der Waals surface area contributed by atoms with E-state index in [2.05, 4.69) is 10.1 Å². The van der Waals surface area contributed by atoms with Gasteiger partial charge in [-0.05, 0) is 59.3 Å². The number of primary amides is 1. The number of hydrogen-bond donors (Lipinski definition) is 2. The number of carbonyl (C=O) groups excluding carboxylic acids is 1. The Kier molecular flexibility index (Phi) is 6.32. The molecular weight excluding hydrogens is 491 g/mol. The molecule has 0 saturated carbocycles. The summed E-state index contributed by atoms with van der Waals surface area (Å²) in [6.45, 7) is 1.89. The molecule has 10 heteroatoms. The van der Waals surface area contributed by atoms with Crippen LogP contribution in [0, 0.1) is 3.57 Å². The average molecular weight is 508 g/mol. The van der Waals surface area contributed by atoms with Gasteiger partial charge in [0, 0.05) is 0 Å². The van der Waals surface area contributed by atoms with E-state index in [0.717, 1.165) is 4.68 Å². The van der Waals surface area contributed by atoms with Gasteiger partial charge >= 0.3 is 5.69 Å². The van der Waals surface area contributed by atoms with Gasteiger partial charge in [0.25, 0.3) is 11.5 Å². The molecule has 0 spiro atoms. The van der Waals surface area contributed by atoms with Crippen LogP contribution in [0.3, 0.4) is 0 Å². The molecule has 0 aliphatic heterocycles. The van der Waals surface area contributed by atoms with E-state index in [-0.39, 0.29) is 6.61 Å². The Labute approximate surface area is 178 Å². The molecule has 0 fully saturated rings. The Morgan fingerprint density at radius 1 is 1.28 bits per heavy atom. The van der Waals surface area contributed by atoms with Gasteiger partial charge in [0.1, 0.15) is 0 Å². The summed E-state index contributed by atoms with van der Waals surface area (Å²) < 4.78 is 12.4. The molecule has 0 unspecified atom stereocenters. The minimum Gasteiger partial charge on any atom is -0.490 e. The van der Waals surface area contributed by atoms with E-state index in [1.807, 2.05) is 22.6 Å². The Hall–Kier alpha value is -3.15. The second-order valence-corrected chi connectivity index (χ2v) is 7.02. The van der Waals surface area contributed by atoms with Crippen LogP contribution in [0.5, 0.6) is 11.5 Å². The van der Waals surface area contributed by atoms with Crippen LogP contribution in [0.1, 0.15) is 12.5 Å². The molecule has 2 aromatic carbocycles. The van der Waals surface area contributed by atoms with Crippen molar-refractivity contribution < 1.29 is 14.3 Å². The van der Waals surface area contributed by atoms with Crippen LogP contribution >= 0.6 is 22.6 Å². The van der Waals surface area contributed by atoms with Gasteiger partial charge in [-0.2, -0.15) is 5.10 Å². The number of amides is 1. The van der Waals surface area contributed by atoms with Crippen molar-refractivity contribution >= 4 is 45.6 Å². The molecule has 3 N–H and O–H groups in total. The summed E-state index contributed by atoms with van der Waals surface area (Å²) in [5.41, 5.74) is 4.97. The van der Waals surface area contributed by atoms with Gasteiger partial charge in [-0.3, -0.25) is 9.59 Å². The highest BCUT2D eigenvalue weighted by Crippen LogP contribution is 2.33. The number of halogens is 1. The first-order chi connectivity index (χ1) is 13.9. The summed E-state index contributed by atoms with van der Waals surface area (Å²) in [5.74, 6) is 0.162. The molecule has 29 heavy (non-hydrogen) atoms. The number of nitrogens with one attached hydrogen (secondary N) is 1. The summed E-state index contributed by atoms with van der Waals surface area (Å²) in [4.78, 5) is 38.4. The Morgan fingerprint density at radius 2 is 2.03 bits per heavy atom. The Balaban J connectivity index is 2.01. The van der Waals surface area contributed by atoms with Gasteiger partial charge in [0.05, 0.1) is 27.3 Å². The van der Waals surface area contributed by atoms with Crippen molar-refractivity contribution in [1.29, 1.82) is 0 Å². The van der Waals surface area contributed by atoms with E-state index < -0.39 is 17.2 Å². The highest BCUT2D eigenvalue weighted by atomic mass is 127. The number of hydrogen-bond acceptors (Lipinski definition) is 6. The maximum absolute atomic E-state index is 12.5. The van der Waals surface area contributed by atoms with Crippen molar-refractivity contribution in [1.82, 2.24) is 9.66 Å². The second kappa shape index (κ2) is 8.90. The van der Waals surface area contributed by atoms with Crippen LogP contribution in [0.4, 0.5) is 0 Å². The molecule has 1 aromatic heterocycles. The van der Waals surface area contributed by atoms with Crippen molar-refractivity contribution in [3.63, 3.8) is 0 Å². The number of nitrogens with two attached hydrogens (primary N) is 1. The molecule has 150 valence electrons. The predicted octanol–water partition coefficient (Wildman–Crippen LogP) is 1.44. The lowest BCUT2D eigenvalue weighted by Crippen LogP contribution is -2.32. The number of fused-ring (bicyclic) bond motifs is 1. The number of rotatable bonds is 7. The Bertz CT molecular complexity index is 1220. The van der Waals surface area contributed by atoms with Crippen LogP contribution in [-0.2, 0) is 4.79 Å². The molecule has 1 heterocycles.